The Kier molecular flexibility index (Phi) is 4.81. The zero-order valence-corrected chi connectivity index (χ0v) is 15.7. The van der Waals surface area contributed by atoms with Gasteiger partial charge in [0.2, 0.25) is 5.91 Å². The standard InChI is InChI=1S/C21H24N4O2/c1-15-6-5-8-17(16(15)2)22-20(26)14-24-10-12-25(13-11-24)21-23-18-7-3-4-9-19(18)27-21/h3-9H,10-14H2,1-2H3,(H,22,26). The Morgan fingerprint density at radius 3 is 2.63 bits per heavy atom. The summed E-state index contributed by atoms with van der Waals surface area (Å²) >= 11 is 0. The number of para-hydroxylation sites is 2. The van der Waals surface area contributed by atoms with E-state index in [-0.39, 0.29) is 5.91 Å². The van der Waals surface area contributed by atoms with Crippen molar-refractivity contribution in [3.8, 4) is 0 Å². The predicted molar refractivity (Wildman–Crippen MR) is 107 cm³/mol. The number of nitrogens with one attached hydrogen (secondary N) is 1. The number of amides is 1. The van der Waals surface area contributed by atoms with E-state index in [1.165, 1.54) is 5.56 Å². The average molecular weight is 364 g/mol. The molecule has 4 rings (SSSR count). The molecule has 1 saturated heterocycles. The lowest BCUT2D eigenvalue weighted by atomic mass is 10.1. The molecule has 6 nitrogen and oxygen atoms in total. The number of carbonyl (C=O) groups is 1. The van der Waals surface area contributed by atoms with Gasteiger partial charge in [0.15, 0.2) is 5.58 Å². The van der Waals surface area contributed by atoms with Crippen molar-refractivity contribution < 1.29 is 9.21 Å². The number of rotatable bonds is 4. The molecule has 27 heavy (non-hydrogen) atoms. The molecule has 2 aromatic carbocycles. The number of benzene rings is 2. The van der Waals surface area contributed by atoms with Gasteiger partial charge in [0, 0.05) is 31.9 Å². The second-order valence-corrected chi connectivity index (χ2v) is 7.02. The molecule has 1 fully saturated rings. The number of hydrogen-bond donors (Lipinski definition) is 1. The fraction of sp³-hybridized carbons (Fsp3) is 0.333. The molecule has 0 aliphatic carbocycles. The zero-order valence-electron chi connectivity index (χ0n) is 15.7. The number of anilines is 2. The molecule has 140 valence electrons. The monoisotopic (exact) mass is 364 g/mol. The third-order valence-electron chi connectivity index (χ3n) is 5.17. The number of hydrogen-bond acceptors (Lipinski definition) is 5. The van der Waals surface area contributed by atoms with Crippen LogP contribution in [0.4, 0.5) is 11.7 Å². The minimum Gasteiger partial charge on any atom is -0.423 e. The number of fused-ring (bicyclic) bond motifs is 1. The zero-order chi connectivity index (χ0) is 18.8. The van der Waals surface area contributed by atoms with Gasteiger partial charge < -0.3 is 14.6 Å². The van der Waals surface area contributed by atoms with Crippen molar-refractivity contribution in [2.45, 2.75) is 13.8 Å². The largest absolute Gasteiger partial charge is 0.423 e. The average Bonchev–Trinajstić information content (AvgIpc) is 3.10. The summed E-state index contributed by atoms with van der Waals surface area (Å²) in [5.74, 6) is 0.0269. The third kappa shape index (κ3) is 3.80. The van der Waals surface area contributed by atoms with Crippen LogP contribution < -0.4 is 10.2 Å². The minimum atomic E-state index is 0.0269. The summed E-state index contributed by atoms with van der Waals surface area (Å²) in [5, 5.41) is 3.03. The van der Waals surface area contributed by atoms with Gasteiger partial charge in [-0.15, -0.1) is 0 Å². The van der Waals surface area contributed by atoms with Crippen LogP contribution in [0.3, 0.4) is 0 Å². The molecule has 0 radical (unpaired) electrons. The Morgan fingerprint density at radius 1 is 1.07 bits per heavy atom. The summed E-state index contributed by atoms with van der Waals surface area (Å²) < 4.78 is 5.84. The lowest BCUT2D eigenvalue weighted by Crippen LogP contribution is -2.48. The lowest BCUT2D eigenvalue weighted by Gasteiger charge is -2.33. The van der Waals surface area contributed by atoms with Crippen LogP contribution in [-0.2, 0) is 4.79 Å². The lowest BCUT2D eigenvalue weighted by molar-refractivity contribution is -0.117. The van der Waals surface area contributed by atoms with E-state index in [0.29, 0.717) is 12.6 Å². The topological polar surface area (TPSA) is 61.6 Å². The fourth-order valence-corrected chi connectivity index (χ4v) is 3.37. The first-order chi connectivity index (χ1) is 13.1. The molecule has 1 aliphatic rings. The van der Waals surface area contributed by atoms with E-state index in [2.05, 4.69) is 33.1 Å². The first kappa shape index (κ1) is 17.5. The van der Waals surface area contributed by atoms with Gasteiger partial charge in [-0.25, -0.2) is 0 Å². The Balaban J connectivity index is 1.32. The van der Waals surface area contributed by atoms with Crippen molar-refractivity contribution in [2.24, 2.45) is 0 Å². The second-order valence-electron chi connectivity index (χ2n) is 7.02. The van der Waals surface area contributed by atoms with E-state index < -0.39 is 0 Å². The second kappa shape index (κ2) is 7.40. The van der Waals surface area contributed by atoms with Gasteiger partial charge in [-0.1, -0.05) is 24.3 Å². The number of aromatic nitrogens is 1. The molecule has 6 heteroatoms. The van der Waals surface area contributed by atoms with Gasteiger partial charge >= 0.3 is 0 Å². The number of aryl methyl sites for hydroxylation is 1. The summed E-state index contributed by atoms with van der Waals surface area (Å²) in [4.78, 5) is 21.3. The maximum Gasteiger partial charge on any atom is 0.298 e. The van der Waals surface area contributed by atoms with Gasteiger partial charge in [0.25, 0.3) is 6.01 Å². The fourth-order valence-electron chi connectivity index (χ4n) is 3.37. The number of oxazole rings is 1. The highest BCUT2D eigenvalue weighted by Gasteiger charge is 2.22. The van der Waals surface area contributed by atoms with Gasteiger partial charge in [-0.3, -0.25) is 9.69 Å². The highest BCUT2D eigenvalue weighted by Crippen LogP contribution is 2.22. The normalized spacial score (nSPS) is 15.3. The van der Waals surface area contributed by atoms with Crippen LogP contribution >= 0.6 is 0 Å². The maximum atomic E-state index is 12.4. The Hall–Kier alpha value is -2.86. The van der Waals surface area contributed by atoms with Crippen molar-refractivity contribution in [2.75, 3.05) is 42.9 Å². The molecule has 2 heterocycles. The minimum absolute atomic E-state index is 0.0269. The van der Waals surface area contributed by atoms with E-state index in [9.17, 15) is 4.79 Å². The summed E-state index contributed by atoms with van der Waals surface area (Å²) in [7, 11) is 0. The quantitative estimate of drug-likeness (QED) is 0.770. The molecule has 1 aliphatic heterocycles. The Morgan fingerprint density at radius 2 is 1.85 bits per heavy atom. The van der Waals surface area contributed by atoms with Crippen LogP contribution in [0.25, 0.3) is 11.1 Å². The third-order valence-corrected chi connectivity index (χ3v) is 5.17. The first-order valence-corrected chi connectivity index (χ1v) is 9.29. The summed E-state index contributed by atoms with van der Waals surface area (Å²) in [6.45, 7) is 7.68. The Labute approximate surface area is 158 Å². The molecule has 0 spiro atoms. The summed E-state index contributed by atoms with van der Waals surface area (Å²) in [6, 6.07) is 14.4. The van der Waals surface area contributed by atoms with E-state index in [1.54, 1.807) is 0 Å². The molecular formula is C21H24N4O2. The van der Waals surface area contributed by atoms with Gasteiger partial charge in [-0.05, 0) is 43.2 Å². The number of carbonyl (C=O) groups excluding carboxylic acids is 1. The molecule has 0 atom stereocenters. The van der Waals surface area contributed by atoms with E-state index in [0.717, 1.165) is 48.5 Å². The molecule has 1 amide bonds. The van der Waals surface area contributed by atoms with E-state index >= 15 is 0 Å². The summed E-state index contributed by atoms with van der Waals surface area (Å²) in [5.41, 5.74) is 4.88. The number of piperazine rings is 1. The van der Waals surface area contributed by atoms with E-state index in [1.807, 2.05) is 43.3 Å². The van der Waals surface area contributed by atoms with Crippen LogP contribution in [0.1, 0.15) is 11.1 Å². The van der Waals surface area contributed by atoms with Crippen LogP contribution in [0, 0.1) is 13.8 Å². The molecule has 1 aromatic heterocycles. The smallest absolute Gasteiger partial charge is 0.298 e. The predicted octanol–water partition coefficient (Wildman–Crippen LogP) is 3.21. The van der Waals surface area contributed by atoms with Crippen molar-refractivity contribution in [3.63, 3.8) is 0 Å². The van der Waals surface area contributed by atoms with Crippen molar-refractivity contribution in [1.82, 2.24) is 9.88 Å². The molecule has 3 aromatic rings. The highest BCUT2D eigenvalue weighted by atomic mass is 16.4. The Bertz CT molecular complexity index is 925. The van der Waals surface area contributed by atoms with Crippen molar-refractivity contribution in [3.05, 3.63) is 53.6 Å². The van der Waals surface area contributed by atoms with Gasteiger partial charge in [-0.2, -0.15) is 4.98 Å². The molecular weight excluding hydrogens is 340 g/mol. The van der Waals surface area contributed by atoms with Crippen LogP contribution in [-0.4, -0.2) is 48.5 Å². The first-order valence-electron chi connectivity index (χ1n) is 9.29. The molecule has 1 N–H and O–H groups in total. The van der Waals surface area contributed by atoms with Crippen LogP contribution in [0.15, 0.2) is 46.9 Å². The van der Waals surface area contributed by atoms with Crippen molar-refractivity contribution >= 4 is 28.7 Å². The van der Waals surface area contributed by atoms with Crippen LogP contribution in [0.5, 0.6) is 0 Å². The van der Waals surface area contributed by atoms with Gasteiger partial charge in [0.1, 0.15) is 5.52 Å². The highest BCUT2D eigenvalue weighted by molar-refractivity contribution is 5.93. The number of nitrogens with zero attached hydrogens (tertiary/aromatic N) is 3. The van der Waals surface area contributed by atoms with Crippen LogP contribution in [0.2, 0.25) is 0 Å². The maximum absolute atomic E-state index is 12.4. The molecule has 0 unspecified atom stereocenters. The summed E-state index contributed by atoms with van der Waals surface area (Å²) in [6.07, 6.45) is 0. The van der Waals surface area contributed by atoms with E-state index in [4.69, 9.17) is 4.42 Å². The SMILES string of the molecule is Cc1cccc(NC(=O)CN2CCN(c3nc4ccccc4o3)CC2)c1C. The molecule has 0 saturated carbocycles. The van der Waals surface area contributed by atoms with Crippen molar-refractivity contribution in [1.29, 1.82) is 0 Å². The van der Waals surface area contributed by atoms with Gasteiger partial charge in [0.05, 0.1) is 6.54 Å². The molecule has 0 bridgehead atoms.